The Labute approximate surface area is 155 Å². The van der Waals surface area contributed by atoms with Crippen molar-refractivity contribution < 1.29 is 13.2 Å². The van der Waals surface area contributed by atoms with Crippen LogP contribution in [-0.2, 0) is 0 Å². The predicted molar refractivity (Wildman–Crippen MR) is 102 cm³/mol. The Morgan fingerprint density at radius 2 is 1.96 bits per heavy atom. The molecule has 1 aromatic carbocycles. The molecule has 4 nitrogen and oxygen atoms in total. The molecule has 0 bridgehead atoms. The van der Waals surface area contributed by atoms with Crippen molar-refractivity contribution in [2.24, 2.45) is 10.9 Å². The van der Waals surface area contributed by atoms with Crippen molar-refractivity contribution in [1.29, 1.82) is 0 Å². The molecule has 0 aliphatic carbocycles. The van der Waals surface area contributed by atoms with Gasteiger partial charge in [-0.1, -0.05) is 6.92 Å². The Hall–Kier alpha value is -2.28. The van der Waals surface area contributed by atoms with Gasteiger partial charge in [-0.15, -0.1) is 0 Å². The number of fused-ring (bicyclic) bond motifs is 1. The smallest absolute Gasteiger partial charge is 0.361 e. The molecule has 2 aliphatic rings. The van der Waals surface area contributed by atoms with Crippen LogP contribution in [0.3, 0.4) is 0 Å². The van der Waals surface area contributed by atoms with Gasteiger partial charge < -0.3 is 15.6 Å². The molecule has 0 amide bonds. The van der Waals surface area contributed by atoms with Crippen molar-refractivity contribution in [3.05, 3.63) is 41.9 Å². The van der Waals surface area contributed by atoms with Gasteiger partial charge in [0, 0.05) is 40.6 Å². The number of benzene rings is 1. The molecule has 3 heterocycles. The van der Waals surface area contributed by atoms with Gasteiger partial charge in [-0.2, -0.15) is 13.2 Å². The first-order valence-electron chi connectivity index (χ1n) is 9.34. The standard InChI is InChI=1S/C20H23F3N4/c1-12-8-15(10-26-19(12)20(21,22)23)27-14-2-3-18-16(9-14)17(11-25-18)13-4-6-24-7-5-13/h2-3,9-13,24-25,27H,4-8H2,1H3. The normalized spacial score (nSPS) is 21.9. The summed E-state index contributed by atoms with van der Waals surface area (Å²) < 4.78 is 38.8. The number of piperidine rings is 1. The van der Waals surface area contributed by atoms with Crippen LogP contribution in [0.2, 0.25) is 0 Å². The average molecular weight is 376 g/mol. The summed E-state index contributed by atoms with van der Waals surface area (Å²) >= 11 is 0. The van der Waals surface area contributed by atoms with E-state index >= 15 is 0 Å². The maximum absolute atomic E-state index is 12.9. The van der Waals surface area contributed by atoms with Crippen LogP contribution in [0.5, 0.6) is 0 Å². The molecule has 0 saturated carbocycles. The number of aromatic amines is 1. The molecule has 1 atom stereocenters. The lowest BCUT2D eigenvalue weighted by molar-refractivity contribution is -0.0627. The summed E-state index contributed by atoms with van der Waals surface area (Å²) in [7, 11) is 0. The SMILES string of the molecule is CC1CC(Nc2ccc3[nH]cc(C4CCNCC4)c3c2)=CN=C1C(F)(F)F. The Balaban J connectivity index is 1.58. The van der Waals surface area contributed by atoms with Crippen LogP contribution in [0.25, 0.3) is 10.9 Å². The molecular formula is C20H23F3N4. The van der Waals surface area contributed by atoms with E-state index in [1.807, 2.05) is 12.1 Å². The van der Waals surface area contributed by atoms with Crippen LogP contribution >= 0.6 is 0 Å². The molecule has 0 spiro atoms. The van der Waals surface area contributed by atoms with Crippen molar-refractivity contribution in [3.8, 4) is 0 Å². The van der Waals surface area contributed by atoms with E-state index in [0.29, 0.717) is 18.0 Å². The van der Waals surface area contributed by atoms with Gasteiger partial charge in [0.15, 0.2) is 0 Å². The number of nitrogens with one attached hydrogen (secondary N) is 3. The van der Waals surface area contributed by atoms with E-state index in [4.69, 9.17) is 0 Å². The van der Waals surface area contributed by atoms with Gasteiger partial charge >= 0.3 is 6.18 Å². The van der Waals surface area contributed by atoms with Crippen molar-refractivity contribution >= 4 is 22.3 Å². The van der Waals surface area contributed by atoms with Gasteiger partial charge in [-0.3, -0.25) is 4.99 Å². The fourth-order valence-corrected chi connectivity index (χ4v) is 4.07. The van der Waals surface area contributed by atoms with Gasteiger partial charge in [0.25, 0.3) is 0 Å². The Morgan fingerprint density at radius 3 is 2.67 bits per heavy atom. The molecule has 2 aromatic rings. The first-order chi connectivity index (χ1) is 12.9. The van der Waals surface area contributed by atoms with Gasteiger partial charge in [0.05, 0.1) is 0 Å². The lowest BCUT2D eigenvalue weighted by atomic mass is 9.90. The third-order valence-electron chi connectivity index (χ3n) is 5.44. The second-order valence-corrected chi connectivity index (χ2v) is 7.43. The topological polar surface area (TPSA) is 52.2 Å². The number of nitrogens with zero attached hydrogens (tertiary/aromatic N) is 1. The highest BCUT2D eigenvalue weighted by Crippen LogP contribution is 2.34. The van der Waals surface area contributed by atoms with Crippen LogP contribution in [0.15, 0.2) is 41.3 Å². The number of H-pyrrole nitrogens is 1. The van der Waals surface area contributed by atoms with Crippen LogP contribution in [0, 0.1) is 5.92 Å². The molecule has 27 heavy (non-hydrogen) atoms. The molecule has 1 saturated heterocycles. The van der Waals surface area contributed by atoms with Crippen molar-refractivity contribution in [3.63, 3.8) is 0 Å². The number of alkyl halides is 3. The van der Waals surface area contributed by atoms with E-state index in [2.05, 4.69) is 32.9 Å². The number of hydrogen-bond donors (Lipinski definition) is 3. The zero-order chi connectivity index (χ0) is 19.0. The minimum Gasteiger partial charge on any atom is -0.361 e. The summed E-state index contributed by atoms with van der Waals surface area (Å²) in [5.41, 5.74) is 3.27. The molecule has 1 unspecified atom stereocenters. The highest BCUT2D eigenvalue weighted by atomic mass is 19.4. The number of halogens is 3. The highest BCUT2D eigenvalue weighted by molar-refractivity contribution is 5.93. The lowest BCUT2D eigenvalue weighted by Gasteiger charge is -2.23. The maximum Gasteiger partial charge on any atom is 0.429 e. The lowest BCUT2D eigenvalue weighted by Crippen LogP contribution is -2.31. The van der Waals surface area contributed by atoms with E-state index in [9.17, 15) is 13.2 Å². The van der Waals surface area contributed by atoms with Crippen molar-refractivity contribution in [2.75, 3.05) is 18.4 Å². The summed E-state index contributed by atoms with van der Waals surface area (Å²) in [6.45, 7) is 3.62. The number of rotatable bonds is 3. The molecular weight excluding hydrogens is 353 g/mol. The van der Waals surface area contributed by atoms with E-state index < -0.39 is 17.8 Å². The third kappa shape index (κ3) is 3.74. The van der Waals surface area contributed by atoms with E-state index in [1.54, 1.807) is 6.92 Å². The van der Waals surface area contributed by atoms with E-state index in [0.717, 1.165) is 37.1 Å². The van der Waals surface area contributed by atoms with Crippen LogP contribution in [0.4, 0.5) is 18.9 Å². The second-order valence-electron chi connectivity index (χ2n) is 7.43. The number of aromatic nitrogens is 1. The van der Waals surface area contributed by atoms with Gasteiger partial charge in [0.1, 0.15) is 5.71 Å². The fraction of sp³-hybridized carbons (Fsp3) is 0.450. The van der Waals surface area contributed by atoms with Crippen LogP contribution in [0.1, 0.15) is 37.7 Å². The quantitative estimate of drug-likeness (QED) is 0.711. The Bertz CT molecular complexity index is 888. The van der Waals surface area contributed by atoms with Crippen LogP contribution < -0.4 is 10.6 Å². The molecule has 1 fully saturated rings. The molecule has 4 rings (SSSR count). The highest BCUT2D eigenvalue weighted by Gasteiger charge is 2.40. The summed E-state index contributed by atoms with van der Waals surface area (Å²) in [6, 6.07) is 6.04. The summed E-state index contributed by atoms with van der Waals surface area (Å²) in [5, 5.41) is 7.82. The van der Waals surface area contributed by atoms with E-state index in [1.165, 1.54) is 17.1 Å². The molecule has 144 valence electrons. The first-order valence-corrected chi connectivity index (χ1v) is 9.34. The van der Waals surface area contributed by atoms with Crippen molar-refractivity contribution in [1.82, 2.24) is 10.3 Å². The van der Waals surface area contributed by atoms with Gasteiger partial charge in [-0.25, -0.2) is 0 Å². The van der Waals surface area contributed by atoms with Crippen molar-refractivity contribution in [2.45, 2.75) is 38.3 Å². The zero-order valence-corrected chi connectivity index (χ0v) is 15.2. The number of aliphatic imine (C=N–C) groups is 1. The number of anilines is 1. The van der Waals surface area contributed by atoms with E-state index in [-0.39, 0.29) is 0 Å². The summed E-state index contributed by atoms with van der Waals surface area (Å²) in [6.07, 6.45) is 1.55. The molecule has 3 N–H and O–H groups in total. The average Bonchev–Trinajstić information content (AvgIpc) is 3.04. The Kier molecular flexibility index (Phi) is 4.72. The monoisotopic (exact) mass is 376 g/mol. The minimum absolute atomic E-state index is 0.296. The summed E-state index contributed by atoms with van der Waals surface area (Å²) in [5.74, 6) is -0.123. The van der Waals surface area contributed by atoms with Gasteiger partial charge in [0.2, 0.25) is 0 Å². The number of allylic oxidation sites excluding steroid dienone is 1. The first kappa shape index (κ1) is 18.1. The molecule has 7 heteroatoms. The fourth-order valence-electron chi connectivity index (χ4n) is 4.07. The second kappa shape index (κ2) is 7.03. The van der Waals surface area contributed by atoms with Gasteiger partial charge in [-0.05, 0) is 62.0 Å². The minimum atomic E-state index is -4.37. The summed E-state index contributed by atoms with van der Waals surface area (Å²) in [4.78, 5) is 6.99. The third-order valence-corrected chi connectivity index (χ3v) is 5.44. The van der Waals surface area contributed by atoms with Crippen LogP contribution in [-0.4, -0.2) is 30.0 Å². The number of hydrogen-bond acceptors (Lipinski definition) is 3. The maximum atomic E-state index is 12.9. The molecule has 0 radical (unpaired) electrons. The zero-order valence-electron chi connectivity index (χ0n) is 15.2. The largest absolute Gasteiger partial charge is 0.429 e. The molecule has 1 aromatic heterocycles. The Morgan fingerprint density at radius 1 is 1.19 bits per heavy atom. The molecule has 2 aliphatic heterocycles. The predicted octanol–water partition coefficient (Wildman–Crippen LogP) is 4.93.